The first-order chi connectivity index (χ1) is 8.66. The van der Waals surface area contributed by atoms with E-state index in [0.717, 1.165) is 8.64 Å². The van der Waals surface area contributed by atoms with Crippen molar-refractivity contribution in [3.05, 3.63) is 0 Å². The van der Waals surface area contributed by atoms with Crippen molar-refractivity contribution >= 4 is 82.8 Å². The fraction of sp³-hybridized carbons (Fsp3) is 0.800. The molecule has 102 valence electrons. The zero-order valence-electron chi connectivity index (χ0n) is 10.0. The molecule has 0 unspecified atom stereocenters. The van der Waals surface area contributed by atoms with Gasteiger partial charge in [0.1, 0.15) is 0 Å². The molecule has 0 saturated carbocycles. The molecule has 2 heterocycles. The fourth-order valence-corrected chi connectivity index (χ4v) is 37.3. The number of nitrogens with zero attached hydrogens (tertiary/aromatic N) is 2. The third-order valence-electron chi connectivity index (χ3n) is 3.03. The third-order valence-corrected chi connectivity index (χ3v) is 29.9. The van der Waals surface area contributed by atoms with Crippen LogP contribution in [0.15, 0.2) is 0 Å². The maximum absolute atomic E-state index is 5.54. The van der Waals surface area contributed by atoms with Crippen molar-refractivity contribution in [2.75, 3.05) is 26.2 Å². The van der Waals surface area contributed by atoms with Crippen LogP contribution in [0, 0.1) is 0 Å². The molecule has 0 atom stereocenters. The summed E-state index contributed by atoms with van der Waals surface area (Å²) in [6, 6.07) is 0. The molecule has 2 fully saturated rings. The summed E-state index contributed by atoms with van der Waals surface area (Å²) in [6.07, 6.45) is 5.23. The van der Waals surface area contributed by atoms with Crippen molar-refractivity contribution in [1.29, 1.82) is 0 Å². The second-order valence-corrected chi connectivity index (χ2v) is 41.0. The SMILES string of the molecule is S=C([S][Bi]([I])[S]C(=S)N1CCCC1)N1CCCC1. The summed E-state index contributed by atoms with van der Waals surface area (Å²) in [6.45, 7) is 4.67. The van der Waals surface area contributed by atoms with E-state index in [1.807, 2.05) is 17.0 Å². The monoisotopic (exact) mass is 628 g/mol. The summed E-state index contributed by atoms with van der Waals surface area (Å²) in [4.78, 5) is 4.75. The van der Waals surface area contributed by atoms with Crippen LogP contribution in [0.5, 0.6) is 0 Å². The van der Waals surface area contributed by atoms with Crippen molar-refractivity contribution < 1.29 is 0 Å². The normalized spacial score (nSPS) is 19.9. The minimum atomic E-state index is -1.64. The van der Waals surface area contributed by atoms with Gasteiger partial charge < -0.3 is 0 Å². The molecule has 0 spiro atoms. The molecule has 0 aromatic carbocycles. The van der Waals surface area contributed by atoms with Gasteiger partial charge in [-0.3, -0.25) is 0 Å². The van der Waals surface area contributed by atoms with E-state index >= 15 is 0 Å². The molecule has 2 saturated heterocycles. The van der Waals surface area contributed by atoms with Gasteiger partial charge in [-0.1, -0.05) is 0 Å². The first kappa shape index (κ1) is 16.5. The maximum atomic E-state index is 5.54. The van der Waals surface area contributed by atoms with Crippen LogP contribution in [0.3, 0.4) is 0 Å². The molecule has 18 heavy (non-hydrogen) atoms. The Labute approximate surface area is 142 Å². The molecule has 2 rings (SSSR count). The van der Waals surface area contributed by atoms with Gasteiger partial charge in [0.25, 0.3) is 0 Å². The topological polar surface area (TPSA) is 6.48 Å². The van der Waals surface area contributed by atoms with Crippen LogP contribution >= 0.6 is 59.5 Å². The van der Waals surface area contributed by atoms with E-state index in [4.69, 9.17) is 24.4 Å². The zero-order chi connectivity index (χ0) is 13.0. The molecule has 0 amide bonds. The molecule has 0 aromatic rings. The van der Waals surface area contributed by atoms with Gasteiger partial charge in [-0.15, -0.1) is 0 Å². The van der Waals surface area contributed by atoms with E-state index in [1.54, 1.807) is 0 Å². The molecule has 2 nitrogen and oxygen atoms in total. The quantitative estimate of drug-likeness (QED) is 0.260. The predicted molar refractivity (Wildman–Crippen MR) is 102 cm³/mol. The van der Waals surface area contributed by atoms with E-state index in [2.05, 4.69) is 27.8 Å². The predicted octanol–water partition coefficient (Wildman–Crippen LogP) is 3.63. The van der Waals surface area contributed by atoms with E-state index in [9.17, 15) is 0 Å². The van der Waals surface area contributed by atoms with Crippen LogP contribution in [0.25, 0.3) is 0 Å². The van der Waals surface area contributed by atoms with Crippen molar-refractivity contribution in [2.24, 2.45) is 0 Å². The standard InChI is InChI=1S/2C5H9NS2.Bi.HI/c2*7-5(8)6-3-1-2-4-6;;/h2*1-4H2,(H,7,8);;1H/q;;+3;/p-3. The van der Waals surface area contributed by atoms with Crippen molar-refractivity contribution in [2.45, 2.75) is 25.7 Å². The number of hydrogen-bond acceptors (Lipinski definition) is 4. The van der Waals surface area contributed by atoms with Crippen LogP contribution in [-0.4, -0.2) is 59.3 Å². The number of rotatable bonds is 2. The molecule has 8 heteroatoms. The van der Waals surface area contributed by atoms with Gasteiger partial charge in [0.2, 0.25) is 0 Å². The summed E-state index contributed by atoms with van der Waals surface area (Å²) in [5.74, 6) is 0. The van der Waals surface area contributed by atoms with Crippen LogP contribution in [0.4, 0.5) is 0 Å². The molecule has 2 aliphatic heterocycles. The second kappa shape index (κ2) is 8.52. The van der Waals surface area contributed by atoms with Crippen molar-refractivity contribution in [3.8, 4) is 0 Å². The van der Waals surface area contributed by atoms with Gasteiger partial charge in [-0.2, -0.15) is 0 Å². The van der Waals surface area contributed by atoms with Gasteiger partial charge in [-0.25, -0.2) is 0 Å². The third kappa shape index (κ3) is 5.13. The van der Waals surface area contributed by atoms with Crippen LogP contribution in [0.1, 0.15) is 25.7 Å². The Morgan fingerprint density at radius 2 is 1.17 bits per heavy atom. The first-order valence-corrected chi connectivity index (χ1v) is 26.7. The van der Waals surface area contributed by atoms with Crippen LogP contribution in [0.2, 0.25) is 0 Å². The molecule has 2 aliphatic rings. The van der Waals surface area contributed by atoms with Crippen molar-refractivity contribution in [3.63, 3.8) is 0 Å². The Kier molecular flexibility index (Phi) is 7.79. The summed E-state index contributed by atoms with van der Waals surface area (Å²) in [7, 11) is 3.96. The Balaban J connectivity index is 1.71. The number of thiocarbonyl (C=S) groups is 2. The molecule has 0 bridgehead atoms. The first-order valence-electron chi connectivity index (χ1n) is 6.06. The molecule has 0 aromatic heterocycles. The van der Waals surface area contributed by atoms with Crippen LogP contribution < -0.4 is 0 Å². The molecular weight excluding hydrogens is 612 g/mol. The average Bonchev–Trinajstić information content (AvgIpc) is 3.02. The number of hydrogen-bond donors (Lipinski definition) is 0. The van der Waals surface area contributed by atoms with Gasteiger partial charge in [0, 0.05) is 0 Å². The van der Waals surface area contributed by atoms with Gasteiger partial charge in [0.05, 0.1) is 0 Å². The second-order valence-electron chi connectivity index (χ2n) is 4.32. The summed E-state index contributed by atoms with van der Waals surface area (Å²) in [5, 5.41) is 0. The van der Waals surface area contributed by atoms with Crippen molar-refractivity contribution in [1.82, 2.24) is 9.80 Å². The van der Waals surface area contributed by atoms with Gasteiger partial charge >= 0.3 is 144 Å². The Hall–Kier alpha value is 2.09. The number of likely N-dealkylation sites (tertiary alicyclic amines) is 2. The Bertz CT molecular complexity index is 289. The molecule has 0 radical (unpaired) electrons. The van der Waals surface area contributed by atoms with E-state index in [1.165, 1.54) is 51.9 Å². The van der Waals surface area contributed by atoms with Gasteiger partial charge in [-0.05, 0) is 0 Å². The average molecular weight is 628 g/mol. The summed E-state index contributed by atoms with van der Waals surface area (Å²) >= 11 is 12.1. The molecule has 0 aliphatic carbocycles. The van der Waals surface area contributed by atoms with E-state index < -0.39 is 14.6 Å². The minimum absolute atomic E-state index is 1.14. The Morgan fingerprint density at radius 1 is 0.833 bits per heavy atom. The summed E-state index contributed by atoms with van der Waals surface area (Å²) < 4.78 is 2.27. The Morgan fingerprint density at radius 3 is 1.50 bits per heavy atom. The zero-order valence-corrected chi connectivity index (χ0v) is 18.9. The van der Waals surface area contributed by atoms with E-state index in [0.29, 0.717) is 0 Å². The molecular formula is C10H16BiIN2S4. The van der Waals surface area contributed by atoms with Gasteiger partial charge in [0.15, 0.2) is 0 Å². The summed E-state index contributed by atoms with van der Waals surface area (Å²) in [5.41, 5.74) is 0. The molecule has 0 N–H and O–H groups in total. The van der Waals surface area contributed by atoms with Crippen LogP contribution in [-0.2, 0) is 0 Å². The van der Waals surface area contributed by atoms with E-state index in [-0.39, 0.29) is 0 Å². The number of halogens is 1. The fourth-order valence-electron chi connectivity index (χ4n) is 2.06.